The minimum atomic E-state index is -0.396. The van der Waals surface area contributed by atoms with Crippen molar-refractivity contribution in [2.75, 3.05) is 18.5 Å². The monoisotopic (exact) mass is 412 g/mol. The van der Waals surface area contributed by atoms with Gasteiger partial charge in [-0.1, -0.05) is 25.5 Å². The molecule has 0 spiro atoms. The van der Waals surface area contributed by atoms with Gasteiger partial charge < -0.3 is 15.0 Å². The lowest BCUT2D eigenvalue weighted by atomic mass is 10.1. The maximum atomic E-state index is 12.4. The van der Waals surface area contributed by atoms with Gasteiger partial charge in [0.15, 0.2) is 0 Å². The molecule has 1 aromatic carbocycles. The van der Waals surface area contributed by atoms with E-state index in [-0.39, 0.29) is 24.6 Å². The quantitative estimate of drug-likeness (QED) is 0.755. The van der Waals surface area contributed by atoms with E-state index in [0.717, 1.165) is 25.0 Å². The number of ether oxygens (including phenoxy) is 1. The summed E-state index contributed by atoms with van der Waals surface area (Å²) in [5.41, 5.74) is 2.97. The van der Waals surface area contributed by atoms with Crippen molar-refractivity contribution in [3.8, 4) is 0 Å². The molecule has 0 aliphatic carbocycles. The molecule has 8 nitrogen and oxygen atoms in total. The Morgan fingerprint density at radius 3 is 2.67 bits per heavy atom. The first kappa shape index (κ1) is 21.5. The van der Waals surface area contributed by atoms with Gasteiger partial charge in [-0.3, -0.25) is 9.59 Å². The van der Waals surface area contributed by atoms with Crippen molar-refractivity contribution in [1.29, 1.82) is 0 Å². The number of nitrogens with one attached hydrogen (secondary N) is 1. The van der Waals surface area contributed by atoms with Gasteiger partial charge in [0.1, 0.15) is 6.54 Å². The second-order valence-corrected chi connectivity index (χ2v) is 7.33. The fourth-order valence-corrected chi connectivity index (χ4v) is 3.40. The highest BCUT2D eigenvalue weighted by Crippen LogP contribution is 2.16. The molecule has 8 heteroatoms. The molecule has 160 valence electrons. The number of rotatable bonds is 7. The van der Waals surface area contributed by atoms with E-state index in [1.165, 1.54) is 16.3 Å². The van der Waals surface area contributed by atoms with Gasteiger partial charge in [0.05, 0.1) is 18.8 Å². The molecular formula is C22H28N4O4. The molecule has 1 N–H and O–H groups in total. The average Bonchev–Trinajstić information content (AvgIpc) is 2.73. The lowest BCUT2D eigenvalue weighted by Crippen LogP contribution is -2.39. The highest BCUT2D eigenvalue weighted by molar-refractivity contribution is 5.90. The lowest BCUT2D eigenvalue weighted by Gasteiger charge is -2.27. The summed E-state index contributed by atoms with van der Waals surface area (Å²) >= 11 is 0. The second-order valence-electron chi connectivity index (χ2n) is 7.33. The number of carbonyl (C=O) groups excluding carboxylic acids is 2. The van der Waals surface area contributed by atoms with E-state index >= 15 is 0 Å². The summed E-state index contributed by atoms with van der Waals surface area (Å²) in [5.74, 6) is -0.310. The third-order valence-electron chi connectivity index (χ3n) is 5.02. The summed E-state index contributed by atoms with van der Waals surface area (Å²) < 4.78 is 6.19. The van der Waals surface area contributed by atoms with Crippen LogP contribution in [0.1, 0.15) is 43.5 Å². The minimum Gasteiger partial charge on any atom is -0.450 e. The van der Waals surface area contributed by atoms with Gasteiger partial charge in [-0.15, -0.1) is 0 Å². The molecule has 1 aromatic heterocycles. The molecule has 2 heterocycles. The van der Waals surface area contributed by atoms with E-state index in [0.29, 0.717) is 30.8 Å². The Balaban J connectivity index is 1.62. The molecule has 0 atom stereocenters. The van der Waals surface area contributed by atoms with E-state index in [1.54, 1.807) is 11.8 Å². The van der Waals surface area contributed by atoms with Crippen LogP contribution in [0.5, 0.6) is 0 Å². The molecule has 2 amide bonds. The maximum absolute atomic E-state index is 12.4. The van der Waals surface area contributed by atoms with E-state index in [1.807, 2.05) is 24.3 Å². The molecule has 0 unspecified atom stereocenters. The van der Waals surface area contributed by atoms with Crippen LogP contribution in [0, 0.1) is 0 Å². The van der Waals surface area contributed by atoms with Gasteiger partial charge in [0.25, 0.3) is 5.56 Å². The molecule has 3 rings (SSSR count). The summed E-state index contributed by atoms with van der Waals surface area (Å²) in [6.45, 7) is 4.80. The zero-order chi connectivity index (χ0) is 21.5. The largest absolute Gasteiger partial charge is 0.450 e. The van der Waals surface area contributed by atoms with Gasteiger partial charge in [-0.2, -0.15) is 5.10 Å². The van der Waals surface area contributed by atoms with Crippen molar-refractivity contribution < 1.29 is 14.3 Å². The van der Waals surface area contributed by atoms with Crippen LogP contribution in [-0.4, -0.2) is 39.8 Å². The number of aromatic nitrogens is 2. The molecule has 1 aliphatic rings. The number of fused-ring (bicyclic) bond motifs is 1. The Kier molecular flexibility index (Phi) is 7.21. The molecule has 2 aromatic rings. The summed E-state index contributed by atoms with van der Waals surface area (Å²) in [4.78, 5) is 38.3. The highest BCUT2D eigenvalue weighted by Gasteiger charge is 2.24. The average molecular weight is 412 g/mol. The van der Waals surface area contributed by atoms with Crippen LogP contribution in [0.25, 0.3) is 0 Å². The van der Waals surface area contributed by atoms with Crippen molar-refractivity contribution in [3.05, 3.63) is 57.5 Å². The smallest absolute Gasteiger partial charge is 0.410 e. The van der Waals surface area contributed by atoms with Crippen LogP contribution in [0.4, 0.5) is 10.5 Å². The number of aryl methyl sites for hydroxylation is 1. The third-order valence-corrected chi connectivity index (χ3v) is 5.02. The van der Waals surface area contributed by atoms with Crippen molar-refractivity contribution in [3.63, 3.8) is 0 Å². The topological polar surface area (TPSA) is 93.5 Å². The first-order chi connectivity index (χ1) is 14.5. The standard InChI is InChI=1S/C22H28N4O4/c1-3-5-6-16-7-9-18(10-8-16)23-20(27)15-26-21(28)13-17-14-25(22(29)30-4-2)12-11-19(17)24-26/h7-10,13H,3-6,11-12,14-15H2,1-2H3,(H,23,27). The van der Waals surface area contributed by atoms with E-state index in [4.69, 9.17) is 4.74 Å². The van der Waals surface area contributed by atoms with E-state index in [2.05, 4.69) is 17.3 Å². The number of anilines is 1. The lowest BCUT2D eigenvalue weighted by molar-refractivity contribution is -0.117. The molecule has 0 fully saturated rings. The van der Waals surface area contributed by atoms with Gasteiger partial charge in [0.2, 0.25) is 5.91 Å². The molecule has 0 saturated carbocycles. The molecule has 0 radical (unpaired) electrons. The Morgan fingerprint density at radius 2 is 1.97 bits per heavy atom. The van der Waals surface area contributed by atoms with Crippen LogP contribution < -0.4 is 10.9 Å². The predicted molar refractivity (Wildman–Crippen MR) is 113 cm³/mol. The fraction of sp³-hybridized carbons (Fsp3) is 0.455. The summed E-state index contributed by atoms with van der Waals surface area (Å²) in [6, 6.07) is 9.20. The van der Waals surface area contributed by atoms with Gasteiger partial charge in [0, 0.05) is 30.3 Å². The normalized spacial score (nSPS) is 12.9. The number of hydrogen-bond acceptors (Lipinski definition) is 5. The number of unbranched alkanes of at least 4 members (excludes halogenated alkanes) is 1. The molecular weight excluding hydrogens is 384 g/mol. The zero-order valence-corrected chi connectivity index (χ0v) is 17.5. The van der Waals surface area contributed by atoms with Crippen LogP contribution in [0.3, 0.4) is 0 Å². The van der Waals surface area contributed by atoms with Crippen LogP contribution in [0.15, 0.2) is 35.1 Å². The van der Waals surface area contributed by atoms with Gasteiger partial charge >= 0.3 is 6.09 Å². The fourth-order valence-electron chi connectivity index (χ4n) is 3.40. The van der Waals surface area contributed by atoms with E-state index in [9.17, 15) is 14.4 Å². The molecule has 0 bridgehead atoms. The van der Waals surface area contributed by atoms with Crippen molar-refractivity contribution in [2.24, 2.45) is 0 Å². The first-order valence-corrected chi connectivity index (χ1v) is 10.4. The summed E-state index contributed by atoms with van der Waals surface area (Å²) in [5, 5.41) is 7.16. The first-order valence-electron chi connectivity index (χ1n) is 10.4. The van der Waals surface area contributed by atoms with Crippen molar-refractivity contribution in [2.45, 2.75) is 52.6 Å². The number of nitrogens with zero attached hydrogens (tertiary/aromatic N) is 3. The number of amides is 2. The third kappa shape index (κ3) is 5.46. The number of hydrogen-bond donors (Lipinski definition) is 1. The Labute approximate surface area is 175 Å². The zero-order valence-electron chi connectivity index (χ0n) is 17.5. The Morgan fingerprint density at radius 1 is 1.20 bits per heavy atom. The summed E-state index contributed by atoms with van der Waals surface area (Å²) in [6.07, 6.45) is 3.41. The number of benzene rings is 1. The molecule has 0 saturated heterocycles. The van der Waals surface area contributed by atoms with Crippen LogP contribution in [-0.2, 0) is 35.5 Å². The Hall–Kier alpha value is -3.16. The van der Waals surface area contributed by atoms with Crippen molar-refractivity contribution >= 4 is 17.7 Å². The molecule has 30 heavy (non-hydrogen) atoms. The van der Waals surface area contributed by atoms with E-state index < -0.39 is 6.09 Å². The van der Waals surface area contributed by atoms with Crippen molar-refractivity contribution in [1.82, 2.24) is 14.7 Å². The minimum absolute atomic E-state index is 0.161. The predicted octanol–water partition coefficient (Wildman–Crippen LogP) is 2.74. The van der Waals surface area contributed by atoms with Crippen LogP contribution >= 0.6 is 0 Å². The SMILES string of the molecule is CCCCc1ccc(NC(=O)Cn2nc3c(cc2=O)CN(C(=O)OCC)CC3)cc1. The number of carbonyl (C=O) groups is 2. The highest BCUT2D eigenvalue weighted by atomic mass is 16.6. The summed E-state index contributed by atoms with van der Waals surface area (Å²) in [7, 11) is 0. The van der Waals surface area contributed by atoms with Crippen LogP contribution in [0.2, 0.25) is 0 Å². The molecule has 1 aliphatic heterocycles. The second kappa shape index (κ2) is 10.0. The Bertz CT molecular complexity index is 953. The van der Waals surface area contributed by atoms with Gasteiger partial charge in [-0.05, 0) is 37.5 Å². The maximum Gasteiger partial charge on any atom is 0.410 e. The van der Waals surface area contributed by atoms with Gasteiger partial charge in [-0.25, -0.2) is 9.48 Å².